The van der Waals surface area contributed by atoms with E-state index in [1.54, 1.807) is 7.11 Å². The fourth-order valence-electron chi connectivity index (χ4n) is 2.90. The van der Waals surface area contributed by atoms with E-state index >= 15 is 0 Å². The van der Waals surface area contributed by atoms with E-state index in [9.17, 15) is 4.79 Å². The van der Waals surface area contributed by atoms with Crippen molar-refractivity contribution in [1.29, 1.82) is 0 Å². The maximum atomic E-state index is 13.0. The SMILES string of the molecule is CCCCCCCC(I)C(=O)C1(COC)C=CCC=C1C. The number of unbranched alkanes of at least 4 members (excludes halogenated alkanes) is 4. The molecule has 2 atom stereocenters. The molecule has 0 aromatic heterocycles. The largest absolute Gasteiger partial charge is 0.383 e. The van der Waals surface area contributed by atoms with Gasteiger partial charge in [0.05, 0.1) is 15.9 Å². The highest BCUT2D eigenvalue weighted by Crippen LogP contribution is 2.37. The van der Waals surface area contributed by atoms with Crippen molar-refractivity contribution in [2.24, 2.45) is 5.41 Å². The van der Waals surface area contributed by atoms with E-state index in [4.69, 9.17) is 4.74 Å². The zero-order valence-corrected chi connectivity index (χ0v) is 15.8. The number of hydrogen-bond donors (Lipinski definition) is 0. The molecule has 3 heteroatoms. The number of ether oxygens (including phenoxy) is 1. The summed E-state index contributed by atoms with van der Waals surface area (Å²) in [5, 5.41) is 0. The Morgan fingerprint density at radius 1 is 1.38 bits per heavy atom. The van der Waals surface area contributed by atoms with Gasteiger partial charge in [-0.05, 0) is 19.8 Å². The molecule has 2 unspecified atom stereocenters. The van der Waals surface area contributed by atoms with E-state index < -0.39 is 5.41 Å². The average Bonchev–Trinajstić information content (AvgIpc) is 2.48. The van der Waals surface area contributed by atoms with Crippen LogP contribution in [0.25, 0.3) is 0 Å². The summed E-state index contributed by atoms with van der Waals surface area (Å²) in [4.78, 5) is 13.0. The summed E-state index contributed by atoms with van der Waals surface area (Å²) in [6.07, 6.45) is 14.5. The molecule has 1 rings (SSSR count). The van der Waals surface area contributed by atoms with Crippen molar-refractivity contribution in [3.05, 3.63) is 23.8 Å². The molecular weight excluding hydrogens is 375 g/mol. The predicted octanol–water partition coefficient (Wildman–Crippen LogP) is 5.26. The van der Waals surface area contributed by atoms with Crippen molar-refractivity contribution in [3.63, 3.8) is 0 Å². The Hall–Kier alpha value is -0.160. The summed E-state index contributed by atoms with van der Waals surface area (Å²) in [6, 6.07) is 0. The number of rotatable bonds is 10. The molecule has 0 fully saturated rings. The molecule has 0 saturated heterocycles. The number of alkyl halides is 1. The number of hydrogen-bond acceptors (Lipinski definition) is 2. The first kappa shape index (κ1) is 18.9. The quantitative estimate of drug-likeness (QED) is 0.215. The predicted molar refractivity (Wildman–Crippen MR) is 98.0 cm³/mol. The molecule has 120 valence electrons. The van der Waals surface area contributed by atoms with Gasteiger partial charge < -0.3 is 4.74 Å². The normalized spacial score (nSPS) is 23.0. The van der Waals surface area contributed by atoms with Crippen LogP contribution in [0.2, 0.25) is 0 Å². The Kier molecular flexibility index (Phi) is 8.79. The van der Waals surface area contributed by atoms with Gasteiger partial charge >= 0.3 is 0 Å². The van der Waals surface area contributed by atoms with Gasteiger partial charge in [-0.1, -0.05) is 85.4 Å². The molecule has 21 heavy (non-hydrogen) atoms. The molecule has 1 aliphatic rings. The molecule has 0 bridgehead atoms. The van der Waals surface area contributed by atoms with Crippen molar-refractivity contribution in [2.75, 3.05) is 13.7 Å². The van der Waals surface area contributed by atoms with Gasteiger partial charge in [0.15, 0.2) is 5.78 Å². The highest BCUT2D eigenvalue weighted by molar-refractivity contribution is 14.1. The summed E-state index contributed by atoms with van der Waals surface area (Å²) in [5.41, 5.74) is 0.618. The number of halogens is 1. The first-order valence-corrected chi connectivity index (χ1v) is 9.35. The maximum Gasteiger partial charge on any atom is 0.161 e. The molecular formula is C18H29IO2. The minimum Gasteiger partial charge on any atom is -0.383 e. The van der Waals surface area contributed by atoms with Crippen LogP contribution in [0.4, 0.5) is 0 Å². The minimum absolute atomic E-state index is 0.0745. The molecule has 2 nitrogen and oxygen atoms in total. The van der Waals surface area contributed by atoms with E-state index in [1.807, 2.05) is 0 Å². The van der Waals surface area contributed by atoms with Crippen LogP contribution in [0.15, 0.2) is 23.8 Å². The van der Waals surface area contributed by atoms with Gasteiger partial charge in [0.25, 0.3) is 0 Å². The lowest BCUT2D eigenvalue weighted by Gasteiger charge is -2.33. The highest BCUT2D eigenvalue weighted by Gasteiger charge is 2.41. The number of ketones is 1. The molecule has 0 amide bonds. The van der Waals surface area contributed by atoms with Gasteiger partial charge in [0, 0.05) is 7.11 Å². The minimum atomic E-state index is -0.526. The number of carbonyl (C=O) groups is 1. The third kappa shape index (κ3) is 5.20. The monoisotopic (exact) mass is 404 g/mol. The summed E-state index contributed by atoms with van der Waals surface area (Å²) in [7, 11) is 1.68. The van der Waals surface area contributed by atoms with Gasteiger partial charge in [0.2, 0.25) is 0 Å². The topological polar surface area (TPSA) is 26.3 Å². The molecule has 0 aromatic carbocycles. The standard InChI is InChI=1S/C18H29IO2/c1-4-5-6-7-8-12-16(19)17(20)18(14-21-3)13-10-9-11-15(18)2/h10-11,13,16H,4-9,12,14H2,1-3H3. The summed E-state index contributed by atoms with van der Waals surface area (Å²) in [6.45, 7) is 4.74. The number of carbonyl (C=O) groups excluding carboxylic acids is 1. The molecule has 0 radical (unpaired) electrons. The lowest BCUT2D eigenvalue weighted by molar-refractivity contribution is -0.126. The number of Topliss-reactive ketones (excluding diaryl/α,β-unsaturated/α-hetero) is 1. The van der Waals surface area contributed by atoms with Gasteiger partial charge in [0.1, 0.15) is 0 Å². The van der Waals surface area contributed by atoms with Gasteiger partial charge in [-0.3, -0.25) is 4.79 Å². The molecule has 0 aromatic rings. The lowest BCUT2D eigenvalue weighted by atomic mass is 9.73. The van der Waals surface area contributed by atoms with Crippen LogP contribution >= 0.6 is 22.6 Å². The second-order valence-corrected chi connectivity index (χ2v) is 7.47. The Morgan fingerprint density at radius 3 is 2.71 bits per heavy atom. The van der Waals surface area contributed by atoms with E-state index in [0.717, 1.165) is 24.8 Å². The van der Waals surface area contributed by atoms with E-state index in [-0.39, 0.29) is 3.92 Å². The molecule has 0 spiro atoms. The smallest absolute Gasteiger partial charge is 0.161 e. The van der Waals surface area contributed by atoms with Crippen molar-refractivity contribution in [1.82, 2.24) is 0 Å². The zero-order chi connectivity index (χ0) is 15.7. The third-order valence-corrected chi connectivity index (χ3v) is 5.51. The van der Waals surface area contributed by atoms with Crippen molar-refractivity contribution < 1.29 is 9.53 Å². The Morgan fingerprint density at radius 2 is 2.10 bits per heavy atom. The fraction of sp³-hybridized carbons (Fsp3) is 0.722. The Balaban J connectivity index is 2.62. The Bertz CT molecular complexity index is 387. The summed E-state index contributed by atoms with van der Waals surface area (Å²) in [5.74, 6) is 0.310. The summed E-state index contributed by atoms with van der Waals surface area (Å²) >= 11 is 2.32. The molecule has 0 N–H and O–H groups in total. The lowest BCUT2D eigenvalue weighted by Crippen LogP contribution is -2.40. The Labute approximate surface area is 143 Å². The van der Waals surface area contributed by atoms with Crippen molar-refractivity contribution >= 4 is 28.4 Å². The molecule has 0 aliphatic heterocycles. The van der Waals surface area contributed by atoms with Crippen LogP contribution in [-0.2, 0) is 9.53 Å². The number of allylic oxidation sites excluding steroid dienone is 2. The summed E-state index contributed by atoms with van der Waals surface area (Å²) < 4.78 is 5.44. The van der Waals surface area contributed by atoms with Crippen LogP contribution in [-0.4, -0.2) is 23.4 Å². The third-order valence-electron chi connectivity index (χ3n) is 4.32. The first-order chi connectivity index (χ1) is 10.1. The number of methoxy groups -OCH3 is 1. The molecule has 0 saturated carbocycles. The molecule has 1 aliphatic carbocycles. The van der Waals surface area contributed by atoms with Gasteiger partial charge in [-0.25, -0.2) is 0 Å². The zero-order valence-electron chi connectivity index (χ0n) is 13.7. The van der Waals surface area contributed by atoms with E-state index in [2.05, 4.69) is 54.7 Å². The second kappa shape index (κ2) is 9.78. The van der Waals surface area contributed by atoms with Gasteiger partial charge in [-0.15, -0.1) is 0 Å². The molecule has 0 heterocycles. The van der Waals surface area contributed by atoms with Crippen LogP contribution in [0.3, 0.4) is 0 Å². The van der Waals surface area contributed by atoms with Crippen LogP contribution < -0.4 is 0 Å². The maximum absolute atomic E-state index is 13.0. The van der Waals surface area contributed by atoms with Gasteiger partial charge in [-0.2, -0.15) is 0 Å². The second-order valence-electron chi connectivity index (χ2n) is 5.96. The van der Waals surface area contributed by atoms with Crippen LogP contribution in [0.1, 0.15) is 58.8 Å². The first-order valence-electron chi connectivity index (χ1n) is 8.10. The average molecular weight is 404 g/mol. The van der Waals surface area contributed by atoms with E-state index in [0.29, 0.717) is 12.4 Å². The van der Waals surface area contributed by atoms with Crippen molar-refractivity contribution in [2.45, 2.75) is 62.7 Å². The van der Waals surface area contributed by atoms with Crippen LogP contribution in [0.5, 0.6) is 0 Å². The fourth-order valence-corrected chi connectivity index (χ4v) is 3.90. The van der Waals surface area contributed by atoms with Crippen LogP contribution in [0, 0.1) is 5.41 Å². The van der Waals surface area contributed by atoms with E-state index in [1.165, 1.54) is 25.7 Å². The van der Waals surface area contributed by atoms with Crippen molar-refractivity contribution in [3.8, 4) is 0 Å². The highest BCUT2D eigenvalue weighted by atomic mass is 127.